The standard InChI is InChI=1S/C13H21N5O/c1-4-15-12-16-9(2)7-10(17-12)18-6-5-13(3,8-18)11(14)19/h7H,4-6,8H2,1-3H3,(H2,14,19)(H,15,16,17). The largest absolute Gasteiger partial charge is 0.369 e. The molecule has 2 rings (SSSR count). The van der Waals surface area contributed by atoms with E-state index in [-0.39, 0.29) is 5.91 Å². The van der Waals surface area contributed by atoms with E-state index in [0.717, 1.165) is 31.0 Å². The van der Waals surface area contributed by atoms with Gasteiger partial charge in [0.1, 0.15) is 5.82 Å². The number of nitrogens with two attached hydrogens (primary N) is 1. The number of nitrogens with zero attached hydrogens (tertiary/aromatic N) is 3. The third-order valence-electron chi connectivity index (χ3n) is 3.57. The lowest BCUT2D eigenvalue weighted by Crippen LogP contribution is -2.37. The fourth-order valence-electron chi connectivity index (χ4n) is 2.31. The molecule has 0 bridgehead atoms. The predicted octanol–water partition coefficient (Wildman–Crippen LogP) is 0.919. The van der Waals surface area contributed by atoms with Crippen molar-refractivity contribution < 1.29 is 4.79 Å². The first-order valence-electron chi connectivity index (χ1n) is 6.59. The summed E-state index contributed by atoms with van der Waals surface area (Å²) < 4.78 is 0. The first-order valence-corrected chi connectivity index (χ1v) is 6.59. The van der Waals surface area contributed by atoms with Gasteiger partial charge < -0.3 is 16.0 Å². The van der Waals surface area contributed by atoms with Crippen molar-refractivity contribution in [1.82, 2.24) is 9.97 Å². The summed E-state index contributed by atoms with van der Waals surface area (Å²) >= 11 is 0. The van der Waals surface area contributed by atoms with E-state index in [1.807, 2.05) is 26.8 Å². The zero-order valence-electron chi connectivity index (χ0n) is 11.7. The Morgan fingerprint density at radius 3 is 2.89 bits per heavy atom. The van der Waals surface area contributed by atoms with Gasteiger partial charge in [0.2, 0.25) is 11.9 Å². The molecule has 104 valence electrons. The summed E-state index contributed by atoms with van der Waals surface area (Å²) in [6, 6.07) is 1.94. The van der Waals surface area contributed by atoms with E-state index < -0.39 is 5.41 Å². The molecule has 1 saturated heterocycles. The molecular formula is C13H21N5O. The number of hydrogen-bond acceptors (Lipinski definition) is 5. The van der Waals surface area contributed by atoms with E-state index >= 15 is 0 Å². The predicted molar refractivity (Wildman–Crippen MR) is 75.1 cm³/mol. The van der Waals surface area contributed by atoms with Crippen LogP contribution in [0.1, 0.15) is 26.0 Å². The Labute approximate surface area is 113 Å². The van der Waals surface area contributed by atoms with Gasteiger partial charge in [-0.15, -0.1) is 0 Å². The summed E-state index contributed by atoms with van der Waals surface area (Å²) in [6.07, 6.45) is 0.766. The maximum Gasteiger partial charge on any atom is 0.225 e. The van der Waals surface area contributed by atoms with Crippen LogP contribution in [0.3, 0.4) is 0 Å². The number of aromatic nitrogens is 2. The van der Waals surface area contributed by atoms with Gasteiger partial charge in [-0.1, -0.05) is 0 Å². The highest BCUT2D eigenvalue weighted by atomic mass is 16.1. The third-order valence-corrected chi connectivity index (χ3v) is 3.57. The Balaban J connectivity index is 2.21. The summed E-state index contributed by atoms with van der Waals surface area (Å²) in [6.45, 7) is 8.04. The molecule has 3 N–H and O–H groups in total. The van der Waals surface area contributed by atoms with E-state index in [1.54, 1.807) is 0 Å². The lowest BCUT2D eigenvalue weighted by Gasteiger charge is -2.22. The van der Waals surface area contributed by atoms with Gasteiger partial charge in [0.15, 0.2) is 0 Å². The highest BCUT2D eigenvalue weighted by molar-refractivity contribution is 5.82. The quantitative estimate of drug-likeness (QED) is 0.844. The number of aryl methyl sites for hydroxylation is 1. The number of carbonyl (C=O) groups is 1. The normalized spacial score (nSPS) is 22.6. The topological polar surface area (TPSA) is 84.1 Å². The van der Waals surface area contributed by atoms with Gasteiger partial charge >= 0.3 is 0 Å². The molecule has 0 aliphatic carbocycles. The smallest absolute Gasteiger partial charge is 0.225 e. The van der Waals surface area contributed by atoms with E-state index in [1.165, 1.54) is 0 Å². The Morgan fingerprint density at radius 1 is 1.58 bits per heavy atom. The number of anilines is 2. The number of hydrogen-bond donors (Lipinski definition) is 2. The van der Waals surface area contributed by atoms with Gasteiger partial charge in [-0.25, -0.2) is 4.98 Å². The molecule has 0 saturated carbocycles. The maximum atomic E-state index is 11.5. The second kappa shape index (κ2) is 5.03. The molecule has 1 aliphatic rings. The molecule has 1 atom stereocenters. The number of nitrogens with one attached hydrogen (secondary N) is 1. The highest BCUT2D eigenvalue weighted by Gasteiger charge is 2.39. The molecule has 1 aromatic heterocycles. The summed E-state index contributed by atoms with van der Waals surface area (Å²) in [5, 5.41) is 3.12. The lowest BCUT2D eigenvalue weighted by atomic mass is 9.89. The van der Waals surface area contributed by atoms with Crippen LogP contribution in [0.4, 0.5) is 11.8 Å². The number of rotatable bonds is 4. The van der Waals surface area contributed by atoms with Crippen molar-refractivity contribution in [1.29, 1.82) is 0 Å². The first kappa shape index (κ1) is 13.6. The van der Waals surface area contributed by atoms with Gasteiger partial charge in [-0.2, -0.15) is 4.98 Å². The Kier molecular flexibility index (Phi) is 3.59. The van der Waals surface area contributed by atoms with Crippen LogP contribution in [0.5, 0.6) is 0 Å². The molecule has 1 aromatic rings. The summed E-state index contributed by atoms with van der Waals surface area (Å²) in [5.41, 5.74) is 5.92. The first-order chi connectivity index (χ1) is 8.94. The fraction of sp³-hybridized carbons (Fsp3) is 0.615. The number of primary amides is 1. The van der Waals surface area contributed by atoms with E-state index in [4.69, 9.17) is 5.73 Å². The van der Waals surface area contributed by atoms with Gasteiger partial charge in [-0.05, 0) is 27.2 Å². The Hall–Kier alpha value is -1.85. The van der Waals surface area contributed by atoms with Gasteiger partial charge in [0.25, 0.3) is 0 Å². The highest BCUT2D eigenvalue weighted by Crippen LogP contribution is 2.32. The van der Waals surface area contributed by atoms with Crippen LogP contribution in [0, 0.1) is 12.3 Å². The second-order valence-electron chi connectivity index (χ2n) is 5.32. The SMILES string of the molecule is CCNc1nc(C)cc(N2CCC(C)(C(N)=O)C2)n1. The van der Waals surface area contributed by atoms with Crippen LogP contribution >= 0.6 is 0 Å². The molecule has 6 nitrogen and oxygen atoms in total. The van der Waals surface area contributed by atoms with Gasteiger partial charge in [0, 0.05) is 31.4 Å². The molecule has 6 heteroatoms. The molecule has 2 heterocycles. The van der Waals surface area contributed by atoms with Crippen molar-refractivity contribution in [2.75, 3.05) is 29.9 Å². The average Bonchev–Trinajstić information content (AvgIpc) is 2.73. The average molecular weight is 263 g/mol. The molecule has 1 amide bonds. The van der Waals surface area contributed by atoms with Crippen LogP contribution in [0.15, 0.2) is 6.07 Å². The van der Waals surface area contributed by atoms with E-state index in [0.29, 0.717) is 12.5 Å². The zero-order chi connectivity index (χ0) is 14.0. The monoisotopic (exact) mass is 263 g/mol. The van der Waals surface area contributed by atoms with Crippen molar-refractivity contribution in [2.45, 2.75) is 27.2 Å². The Morgan fingerprint density at radius 2 is 2.32 bits per heavy atom. The fourth-order valence-corrected chi connectivity index (χ4v) is 2.31. The van der Waals surface area contributed by atoms with Crippen LogP contribution in [0.2, 0.25) is 0 Å². The molecule has 19 heavy (non-hydrogen) atoms. The zero-order valence-corrected chi connectivity index (χ0v) is 11.7. The number of carbonyl (C=O) groups excluding carboxylic acids is 1. The maximum absolute atomic E-state index is 11.5. The molecule has 0 radical (unpaired) electrons. The van der Waals surface area contributed by atoms with Crippen LogP contribution in [-0.4, -0.2) is 35.5 Å². The van der Waals surface area contributed by atoms with E-state index in [2.05, 4.69) is 20.2 Å². The van der Waals surface area contributed by atoms with E-state index in [9.17, 15) is 4.79 Å². The van der Waals surface area contributed by atoms with Gasteiger partial charge in [0.05, 0.1) is 5.41 Å². The summed E-state index contributed by atoms with van der Waals surface area (Å²) in [4.78, 5) is 22.4. The van der Waals surface area contributed by atoms with Crippen molar-refractivity contribution in [3.05, 3.63) is 11.8 Å². The van der Waals surface area contributed by atoms with Crippen molar-refractivity contribution in [3.63, 3.8) is 0 Å². The van der Waals surface area contributed by atoms with Crippen LogP contribution in [-0.2, 0) is 4.79 Å². The van der Waals surface area contributed by atoms with Crippen LogP contribution < -0.4 is 16.0 Å². The molecule has 1 fully saturated rings. The second-order valence-corrected chi connectivity index (χ2v) is 5.32. The van der Waals surface area contributed by atoms with Crippen LogP contribution in [0.25, 0.3) is 0 Å². The summed E-state index contributed by atoms with van der Waals surface area (Å²) in [5.74, 6) is 1.24. The third kappa shape index (κ3) is 2.77. The molecular weight excluding hydrogens is 242 g/mol. The summed E-state index contributed by atoms with van der Waals surface area (Å²) in [7, 11) is 0. The number of amides is 1. The Bertz CT molecular complexity index is 490. The lowest BCUT2D eigenvalue weighted by molar-refractivity contribution is -0.125. The minimum Gasteiger partial charge on any atom is -0.369 e. The minimum atomic E-state index is -0.461. The van der Waals surface area contributed by atoms with Crippen molar-refractivity contribution in [3.8, 4) is 0 Å². The van der Waals surface area contributed by atoms with Crippen molar-refractivity contribution >= 4 is 17.7 Å². The van der Waals surface area contributed by atoms with Gasteiger partial charge in [-0.3, -0.25) is 4.79 Å². The minimum absolute atomic E-state index is 0.243. The molecule has 1 unspecified atom stereocenters. The molecule has 0 spiro atoms. The van der Waals surface area contributed by atoms with Crippen molar-refractivity contribution in [2.24, 2.45) is 11.1 Å². The molecule has 0 aromatic carbocycles. The molecule has 1 aliphatic heterocycles.